The Balaban J connectivity index is 1.42. The van der Waals surface area contributed by atoms with Crippen LogP contribution in [-0.4, -0.2) is 35.9 Å². The van der Waals surface area contributed by atoms with E-state index in [-0.39, 0.29) is 28.8 Å². The molecule has 5 rings (SSSR count). The highest BCUT2D eigenvalue weighted by Crippen LogP contribution is 2.69. The number of rotatable bonds is 3. The van der Waals surface area contributed by atoms with Crippen molar-refractivity contribution in [3.05, 3.63) is 11.6 Å². The molecule has 1 aliphatic heterocycles. The van der Waals surface area contributed by atoms with Gasteiger partial charge in [-0.2, -0.15) is 0 Å². The zero-order valence-electron chi connectivity index (χ0n) is 17.7. The third-order valence-corrected chi connectivity index (χ3v) is 10.2. The smallest absolute Gasteiger partial charge is 0.331 e. The highest BCUT2D eigenvalue weighted by atomic mass is 16.5. The van der Waals surface area contributed by atoms with Crippen LogP contribution in [0, 0.1) is 34.5 Å². The van der Waals surface area contributed by atoms with Crippen LogP contribution in [-0.2, 0) is 19.1 Å². The molecular weight excluding hydrogens is 368 g/mol. The average Bonchev–Trinajstić information content (AvgIpc) is 3.23. The molecule has 2 unspecified atom stereocenters. The van der Waals surface area contributed by atoms with E-state index in [1.807, 2.05) is 0 Å². The predicted octanol–water partition coefficient (Wildman–Crippen LogP) is 3.79. The lowest BCUT2D eigenvalue weighted by Crippen LogP contribution is -2.62. The summed E-state index contributed by atoms with van der Waals surface area (Å²) in [7, 11) is 0. The lowest BCUT2D eigenvalue weighted by molar-refractivity contribution is -0.209. The predicted molar refractivity (Wildman–Crippen MR) is 107 cm³/mol. The standard InChI is InChI=1S/C24H34O5/c1-22-8-5-17(29-14-25)12-16(22)3-4-20-19(22)6-9-23(2)18(7-10-24(20,23)27)15-11-21(26)28-13-15/h11,14,16-20,27H,3-10,12-13H2,1-2H3/t16-,17+,18-,19?,20?,22+,23-,24+/m1/s1. The van der Waals surface area contributed by atoms with Crippen molar-refractivity contribution >= 4 is 12.4 Å². The second-order valence-electron chi connectivity index (χ2n) is 10.9. The second kappa shape index (κ2) is 6.57. The van der Waals surface area contributed by atoms with Gasteiger partial charge in [0.25, 0.3) is 6.47 Å². The van der Waals surface area contributed by atoms with E-state index in [2.05, 4.69) is 13.8 Å². The summed E-state index contributed by atoms with van der Waals surface area (Å²) in [5.41, 5.74) is 0.497. The van der Waals surface area contributed by atoms with Gasteiger partial charge in [-0.05, 0) is 92.4 Å². The minimum absolute atomic E-state index is 0.0711. The molecule has 1 heterocycles. The zero-order valence-corrected chi connectivity index (χ0v) is 17.7. The van der Waals surface area contributed by atoms with E-state index in [0.717, 1.165) is 63.4 Å². The van der Waals surface area contributed by atoms with E-state index >= 15 is 0 Å². The second-order valence-corrected chi connectivity index (χ2v) is 10.9. The fraction of sp³-hybridized carbons (Fsp3) is 0.833. The summed E-state index contributed by atoms with van der Waals surface area (Å²) < 4.78 is 10.5. The van der Waals surface area contributed by atoms with Gasteiger partial charge in [-0.3, -0.25) is 4.79 Å². The molecule has 4 aliphatic carbocycles. The van der Waals surface area contributed by atoms with Gasteiger partial charge >= 0.3 is 5.97 Å². The Hall–Kier alpha value is -1.36. The molecule has 0 aromatic carbocycles. The van der Waals surface area contributed by atoms with Gasteiger partial charge in [0.2, 0.25) is 0 Å². The highest BCUT2D eigenvalue weighted by molar-refractivity contribution is 5.85. The maximum absolute atomic E-state index is 12.2. The zero-order chi connectivity index (χ0) is 20.4. The molecule has 5 nitrogen and oxygen atoms in total. The number of ether oxygens (including phenoxy) is 2. The SMILES string of the molecule is C[C@]12CC[C@H](OC=O)C[C@H]1CCC1C2CC[C@]2(C)[C@@H](C3=CC(=O)OC3)CC[C@]12O. The summed E-state index contributed by atoms with van der Waals surface area (Å²) in [6.07, 6.45) is 10.9. The molecule has 5 aliphatic rings. The van der Waals surface area contributed by atoms with Crippen LogP contribution in [0.2, 0.25) is 0 Å². The van der Waals surface area contributed by atoms with Crippen molar-refractivity contribution in [3.63, 3.8) is 0 Å². The Morgan fingerprint density at radius 1 is 1.10 bits per heavy atom. The summed E-state index contributed by atoms with van der Waals surface area (Å²) in [6.45, 7) is 5.73. The van der Waals surface area contributed by atoms with Crippen molar-refractivity contribution in [2.24, 2.45) is 34.5 Å². The molecule has 0 saturated heterocycles. The number of cyclic esters (lactones) is 1. The number of hydrogen-bond donors (Lipinski definition) is 1. The molecule has 5 heteroatoms. The lowest BCUT2D eigenvalue weighted by Gasteiger charge is -2.63. The van der Waals surface area contributed by atoms with Gasteiger partial charge < -0.3 is 14.6 Å². The maximum atomic E-state index is 12.2. The van der Waals surface area contributed by atoms with Crippen LogP contribution >= 0.6 is 0 Å². The molecule has 0 amide bonds. The Morgan fingerprint density at radius 2 is 1.93 bits per heavy atom. The molecule has 29 heavy (non-hydrogen) atoms. The molecule has 8 atom stereocenters. The molecule has 0 bridgehead atoms. The fourth-order valence-corrected chi connectivity index (χ4v) is 8.57. The molecule has 0 radical (unpaired) electrons. The van der Waals surface area contributed by atoms with Gasteiger partial charge in [0.1, 0.15) is 12.7 Å². The highest BCUT2D eigenvalue weighted by Gasteiger charge is 2.67. The fourth-order valence-electron chi connectivity index (χ4n) is 8.57. The molecule has 1 N–H and O–H groups in total. The average molecular weight is 403 g/mol. The Bertz CT molecular complexity index is 746. The maximum Gasteiger partial charge on any atom is 0.331 e. The van der Waals surface area contributed by atoms with E-state index in [1.54, 1.807) is 6.08 Å². The monoisotopic (exact) mass is 402 g/mol. The molecule has 160 valence electrons. The van der Waals surface area contributed by atoms with Gasteiger partial charge in [-0.15, -0.1) is 0 Å². The summed E-state index contributed by atoms with van der Waals surface area (Å²) in [6, 6.07) is 0. The lowest BCUT2D eigenvalue weighted by atomic mass is 9.43. The molecule has 4 saturated carbocycles. The molecule has 0 aromatic rings. The molecule has 0 spiro atoms. The Labute approximate surface area is 173 Å². The van der Waals surface area contributed by atoms with Crippen molar-refractivity contribution in [1.29, 1.82) is 0 Å². The minimum Gasteiger partial charge on any atom is -0.465 e. The van der Waals surface area contributed by atoms with Crippen LogP contribution in [0.15, 0.2) is 11.6 Å². The number of carbonyl (C=O) groups is 2. The first kappa shape index (κ1) is 19.6. The summed E-state index contributed by atoms with van der Waals surface area (Å²) in [4.78, 5) is 22.5. The number of carbonyl (C=O) groups excluding carboxylic acids is 2. The van der Waals surface area contributed by atoms with Gasteiger partial charge in [0.15, 0.2) is 0 Å². The number of esters is 1. The van der Waals surface area contributed by atoms with Crippen molar-refractivity contribution < 1.29 is 24.2 Å². The summed E-state index contributed by atoms with van der Waals surface area (Å²) in [5.74, 6) is 1.47. The van der Waals surface area contributed by atoms with Crippen LogP contribution in [0.1, 0.15) is 71.6 Å². The third kappa shape index (κ3) is 2.62. The summed E-state index contributed by atoms with van der Waals surface area (Å²) in [5, 5.41) is 12.2. The van der Waals surface area contributed by atoms with Gasteiger partial charge in [-0.25, -0.2) is 4.79 Å². The van der Waals surface area contributed by atoms with Crippen molar-refractivity contribution in [2.45, 2.75) is 83.3 Å². The normalized spacial score (nSPS) is 51.3. The van der Waals surface area contributed by atoms with Crippen LogP contribution in [0.25, 0.3) is 0 Å². The Morgan fingerprint density at radius 3 is 2.66 bits per heavy atom. The van der Waals surface area contributed by atoms with E-state index in [4.69, 9.17) is 9.47 Å². The van der Waals surface area contributed by atoms with Crippen molar-refractivity contribution in [3.8, 4) is 0 Å². The third-order valence-electron chi connectivity index (χ3n) is 10.2. The van der Waals surface area contributed by atoms with Crippen molar-refractivity contribution in [1.82, 2.24) is 0 Å². The van der Waals surface area contributed by atoms with Gasteiger partial charge in [0.05, 0.1) is 5.60 Å². The van der Waals surface area contributed by atoms with Crippen LogP contribution in [0.4, 0.5) is 0 Å². The summed E-state index contributed by atoms with van der Waals surface area (Å²) >= 11 is 0. The van der Waals surface area contributed by atoms with Crippen LogP contribution < -0.4 is 0 Å². The molecular formula is C24H34O5. The van der Waals surface area contributed by atoms with E-state index < -0.39 is 5.60 Å². The van der Waals surface area contributed by atoms with Crippen LogP contribution in [0.5, 0.6) is 0 Å². The largest absolute Gasteiger partial charge is 0.465 e. The van der Waals surface area contributed by atoms with E-state index in [0.29, 0.717) is 30.8 Å². The minimum atomic E-state index is -0.656. The number of fused-ring (bicyclic) bond motifs is 5. The van der Waals surface area contributed by atoms with Crippen molar-refractivity contribution in [2.75, 3.05) is 6.61 Å². The first-order valence-electron chi connectivity index (χ1n) is 11.5. The number of hydrogen-bond acceptors (Lipinski definition) is 5. The quantitative estimate of drug-likeness (QED) is 0.574. The number of aliphatic hydroxyl groups is 1. The topological polar surface area (TPSA) is 72.8 Å². The Kier molecular flexibility index (Phi) is 4.44. The van der Waals surface area contributed by atoms with E-state index in [1.165, 1.54) is 0 Å². The van der Waals surface area contributed by atoms with Gasteiger partial charge in [0, 0.05) is 11.5 Å². The molecule has 0 aromatic heterocycles. The van der Waals surface area contributed by atoms with Crippen LogP contribution in [0.3, 0.4) is 0 Å². The first-order valence-corrected chi connectivity index (χ1v) is 11.5. The van der Waals surface area contributed by atoms with E-state index in [9.17, 15) is 14.7 Å². The van der Waals surface area contributed by atoms with Gasteiger partial charge in [-0.1, -0.05) is 13.8 Å². The first-order chi connectivity index (χ1) is 13.8. The molecule has 4 fully saturated rings.